The van der Waals surface area contributed by atoms with Crippen molar-refractivity contribution in [1.29, 1.82) is 0 Å². The Morgan fingerprint density at radius 1 is 0.400 bits per heavy atom. The Bertz CT molecular complexity index is 960. The lowest BCUT2D eigenvalue weighted by Gasteiger charge is -2.45. The van der Waals surface area contributed by atoms with Crippen LogP contribution in [-0.4, -0.2) is 10.2 Å². The minimum Gasteiger partial charge on any atom is -0.381 e. The van der Waals surface area contributed by atoms with Crippen molar-refractivity contribution in [1.82, 2.24) is 0 Å². The summed E-state index contributed by atoms with van der Waals surface area (Å²) in [4.78, 5) is 0. The molecule has 0 unspecified atom stereocenters. The molecule has 0 amide bonds. The maximum absolute atomic E-state index is 12.3. The van der Waals surface area contributed by atoms with Crippen molar-refractivity contribution < 1.29 is 10.2 Å². The molecule has 0 saturated heterocycles. The molecule has 2 heteroatoms. The zero-order valence-corrected chi connectivity index (χ0v) is 16.9. The van der Waals surface area contributed by atoms with Crippen LogP contribution < -0.4 is 0 Å². The van der Waals surface area contributed by atoms with Gasteiger partial charge in [-0.3, -0.25) is 0 Å². The van der Waals surface area contributed by atoms with Crippen LogP contribution in [0.15, 0.2) is 121 Å². The Hall–Kier alpha value is -3.20. The standard InChI is InChI=1S/C28H26O2/c29-27(25-17-9-3-10-18-25,21-23-13-5-1-6-14-23)28(30,26-19-11-4-12-20-26)22-24-15-7-2-8-16-24/h1-20,29-30H,21-22H2/t27-,28-/m1/s1. The lowest BCUT2D eigenvalue weighted by atomic mass is 9.67. The van der Waals surface area contributed by atoms with Gasteiger partial charge >= 0.3 is 0 Å². The van der Waals surface area contributed by atoms with Crippen LogP contribution in [0.2, 0.25) is 0 Å². The Labute approximate surface area is 178 Å². The first-order valence-corrected chi connectivity index (χ1v) is 10.3. The second-order valence-electron chi connectivity index (χ2n) is 7.78. The van der Waals surface area contributed by atoms with Crippen molar-refractivity contribution in [3.05, 3.63) is 144 Å². The molecule has 2 nitrogen and oxygen atoms in total. The van der Waals surface area contributed by atoms with E-state index in [0.717, 1.165) is 11.1 Å². The van der Waals surface area contributed by atoms with Crippen molar-refractivity contribution >= 4 is 0 Å². The maximum atomic E-state index is 12.3. The van der Waals surface area contributed by atoms with E-state index in [2.05, 4.69) is 0 Å². The summed E-state index contributed by atoms with van der Waals surface area (Å²) in [7, 11) is 0. The normalized spacial score (nSPS) is 15.1. The van der Waals surface area contributed by atoms with Crippen LogP contribution in [0.1, 0.15) is 22.3 Å². The van der Waals surface area contributed by atoms with E-state index in [9.17, 15) is 10.2 Å². The van der Waals surface area contributed by atoms with Gasteiger partial charge in [0.2, 0.25) is 0 Å². The summed E-state index contributed by atoms with van der Waals surface area (Å²) in [5.41, 5.74) is 0.240. The average molecular weight is 395 g/mol. The second-order valence-corrected chi connectivity index (χ2v) is 7.78. The second kappa shape index (κ2) is 8.66. The minimum absolute atomic E-state index is 0.288. The van der Waals surface area contributed by atoms with E-state index in [1.165, 1.54) is 0 Å². The van der Waals surface area contributed by atoms with Gasteiger partial charge in [0, 0.05) is 12.8 Å². The first-order valence-electron chi connectivity index (χ1n) is 10.3. The largest absolute Gasteiger partial charge is 0.381 e. The Balaban J connectivity index is 1.91. The fourth-order valence-corrected chi connectivity index (χ4v) is 4.18. The van der Waals surface area contributed by atoms with E-state index < -0.39 is 11.2 Å². The van der Waals surface area contributed by atoms with E-state index in [-0.39, 0.29) is 12.8 Å². The average Bonchev–Trinajstić information content (AvgIpc) is 2.81. The molecule has 4 rings (SSSR count). The molecule has 4 aromatic carbocycles. The van der Waals surface area contributed by atoms with Crippen LogP contribution >= 0.6 is 0 Å². The molecule has 0 radical (unpaired) electrons. The summed E-state index contributed by atoms with van der Waals surface area (Å²) in [6.07, 6.45) is 0.576. The quantitative estimate of drug-likeness (QED) is 0.450. The summed E-state index contributed by atoms with van der Waals surface area (Å²) < 4.78 is 0. The third kappa shape index (κ3) is 3.93. The Morgan fingerprint density at radius 3 is 0.967 bits per heavy atom. The Kier molecular flexibility index (Phi) is 5.80. The molecule has 0 aliphatic carbocycles. The molecule has 0 aliphatic rings. The fourth-order valence-electron chi connectivity index (χ4n) is 4.18. The van der Waals surface area contributed by atoms with Gasteiger partial charge in [-0.1, -0.05) is 121 Å². The van der Waals surface area contributed by atoms with E-state index in [4.69, 9.17) is 0 Å². The van der Waals surface area contributed by atoms with E-state index >= 15 is 0 Å². The molecule has 0 bridgehead atoms. The van der Waals surface area contributed by atoms with Gasteiger partial charge in [-0.2, -0.15) is 0 Å². The summed E-state index contributed by atoms with van der Waals surface area (Å²) >= 11 is 0. The van der Waals surface area contributed by atoms with Gasteiger partial charge in [0.1, 0.15) is 11.2 Å². The topological polar surface area (TPSA) is 40.5 Å². The van der Waals surface area contributed by atoms with Gasteiger partial charge in [-0.15, -0.1) is 0 Å². The molecule has 150 valence electrons. The zero-order valence-electron chi connectivity index (χ0n) is 16.9. The van der Waals surface area contributed by atoms with Gasteiger partial charge in [0.05, 0.1) is 0 Å². The number of aliphatic hydroxyl groups is 2. The predicted molar refractivity (Wildman–Crippen MR) is 121 cm³/mol. The molecule has 2 atom stereocenters. The molecule has 0 heterocycles. The molecule has 0 aliphatic heterocycles. The summed E-state index contributed by atoms with van der Waals surface area (Å²) in [5.74, 6) is 0. The first kappa shape index (κ1) is 20.1. The van der Waals surface area contributed by atoms with Crippen molar-refractivity contribution in [3.63, 3.8) is 0 Å². The van der Waals surface area contributed by atoms with Crippen molar-refractivity contribution in [2.75, 3.05) is 0 Å². The maximum Gasteiger partial charge on any atom is 0.127 e. The van der Waals surface area contributed by atoms with Crippen LogP contribution in [0.25, 0.3) is 0 Å². The van der Waals surface area contributed by atoms with Crippen LogP contribution in [-0.2, 0) is 24.0 Å². The molecule has 4 aromatic rings. The molecule has 0 saturated carbocycles. The molecule has 0 spiro atoms. The van der Waals surface area contributed by atoms with Crippen LogP contribution in [0, 0.1) is 0 Å². The molecular weight excluding hydrogens is 368 g/mol. The molecule has 0 aromatic heterocycles. The monoisotopic (exact) mass is 394 g/mol. The van der Waals surface area contributed by atoms with E-state index in [0.29, 0.717) is 11.1 Å². The summed E-state index contributed by atoms with van der Waals surface area (Å²) in [6.45, 7) is 0. The van der Waals surface area contributed by atoms with Crippen LogP contribution in [0.4, 0.5) is 0 Å². The zero-order chi connectivity index (χ0) is 20.9. The van der Waals surface area contributed by atoms with Crippen molar-refractivity contribution in [2.45, 2.75) is 24.0 Å². The smallest absolute Gasteiger partial charge is 0.127 e. The highest BCUT2D eigenvalue weighted by Crippen LogP contribution is 2.45. The van der Waals surface area contributed by atoms with Gasteiger partial charge < -0.3 is 10.2 Å². The molecular formula is C28H26O2. The molecule has 0 fully saturated rings. The minimum atomic E-state index is -1.53. The number of hydrogen-bond donors (Lipinski definition) is 2. The predicted octanol–water partition coefficient (Wildman–Crippen LogP) is 5.25. The van der Waals surface area contributed by atoms with Gasteiger partial charge in [-0.05, 0) is 22.3 Å². The first-order chi connectivity index (χ1) is 14.6. The van der Waals surface area contributed by atoms with Crippen LogP contribution in [0.3, 0.4) is 0 Å². The lowest BCUT2D eigenvalue weighted by Crippen LogP contribution is -2.52. The number of benzene rings is 4. The third-order valence-electron chi connectivity index (χ3n) is 5.79. The highest BCUT2D eigenvalue weighted by Gasteiger charge is 2.51. The number of rotatable bonds is 7. The summed E-state index contributed by atoms with van der Waals surface area (Å²) in [6, 6.07) is 38.7. The molecule has 2 N–H and O–H groups in total. The highest BCUT2D eigenvalue weighted by molar-refractivity contribution is 5.38. The lowest BCUT2D eigenvalue weighted by molar-refractivity contribution is -0.165. The van der Waals surface area contributed by atoms with Gasteiger partial charge in [-0.25, -0.2) is 0 Å². The van der Waals surface area contributed by atoms with Crippen molar-refractivity contribution in [3.8, 4) is 0 Å². The SMILES string of the molecule is O[C@](Cc1ccccc1)(c1ccccc1)[C@@](O)(Cc1ccccc1)c1ccccc1. The molecule has 30 heavy (non-hydrogen) atoms. The fraction of sp³-hybridized carbons (Fsp3) is 0.143. The van der Waals surface area contributed by atoms with Gasteiger partial charge in [0.15, 0.2) is 0 Å². The highest BCUT2D eigenvalue weighted by atomic mass is 16.4. The number of hydrogen-bond acceptors (Lipinski definition) is 2. The summed E-state index contributed by atoms with van der Waals surface area (Å²) in [5, 5.41) is 24.6. The third-order valence-corrected chi connectivity index (χ3v) is 5.79. The van der Waals surface area contributed by atoms with E-state index in [1.54, 1.807) is 0 Å². The van der Waals surface area contributed by atoms with E-state index in [1.807, 2.05) is 121 Å². The Morgan fingerprint density at radius 2 is 0.667 bits per heavy atom. The van der Waals surface area contributed by atoms with Crippen LogP contribution in [0.5, 0.6) is 0 Å². The van der Waals surface area contributed by atoms with Gasteiger partial charge in [0.25, 0.3) is 0 Å². The van der Waals surface area contributed by atoms with Crippen molar-refractivity contribution in [2.24, 2.45) is 0 Å².